The topological polar surface area (TPSA) is 15.3 Å². The van der Waals surface area contributed by atoms with Crippen LogP contribution in [0, 0.1) is 11.3 Å². The van der Waals surface area contributed by atoms with Crippen molar-refractivity contribution >= 4 is 0 Å². The van der Waals surface area contributed by atoms with Gasteiger partial charge in [-0.05, 0) is 50.2 Å². The van der Waals surface area contributed by atoms with Crippen molar-refractivity contribution in [1.29, 1.82) is 0 Å². The van der Waals surface area contributed by atoms with E-state index in [2.05, 4.69) is 44.8 Å². The summed E-state index contributed by atoms with van der Waals surface area (Å²) in [6.45, 7) is 16.5. The summed E-state index contributed by atoms with van der Waals surface area (Å²) in [7, 11) is 0. The first-order valence-corrected chi connectivity index (χ1v) is 7.33. The van der Waals surface area contributed by atoms with Crippen LogP contribution in [0.2, 0.25) is 0 Å². The van der Waals surface area contributed by atoms with Crippen LogP contribution in [0.5, 0.6) is 0 Å². The second kappa shape index (κ2) is 6.75. The Bertz CT molecular complexity index is 205. The molecule has 1 atom stereocenters. The monoisotopic (exact) mass is 240 g/mol. The lowest BCUT2D eigenvalue weighted by molar-refractivity contribution is 0.208. The Hall–Kier alpha value is -0.0800. The summed E-state index contributed by atoms with van der Waals surface area (Å²) in [4.78, 5) is 2.69. The summed E-state index contributed by atoms with van der Waals surface area (Å²) in [6.07, 6.45) is 4.08. The first-order chi connectivity index (χ1) is 7.88. The molecule has 1 saturated heterocycles. The molecule has 1 aliphatic heterocycles. The van der Waals surface area contributed by atoms with Gasteiger partial charge in [-0.2, -0.15) is 0 Å². The fourth-order valence-electron chi connectivity index (χ4n) is 2.44. The lowest BCUT2D eigenvalue weighted by Crippen LogP contribution is -2.40. The molecule has 1 heterocycles. The quantitative estimate of drug-likeness (QED) is 0.767. The predicted octanol–water partition coefficient (Wildman–Crippen LogP) is 3.13. The Morgan fingerprint density at radius 2 is 2.00 bits per heavy atom. The third-order valence-electron chi connectivity index (χ3n) is 3.58. The minimum atomic E-state index is 0.471. The maximum Gasteiger partial charge on any atom is 0.0221 e. The number of likely N-dealkylation sites (tertiary alicyclic amines) is 1. The molecule has 0 bridgehead atoms. The average Bonchev–Trinajstić information content (AvgIpc) is 2.61. The molecule has 17 heavy (non-hydrogen) atoms. The van der Waals surface area contributed by atoms with E-state index in [9.17, 15) is 0 Å². The van der Waals surface area contributed by atoms with E-state index in [4.69, 9.17) is 0 Å². The van der Waals surface area contributed by atoms with Crippen LogP contribution in [0.15, 0.2) is 0 Å². The van der Waals surface area contributed by atoms with Gasteiger partial charge in [0.1, 0.15) is 0 Å². The second-order valence-corrected chi connectivity index (χ2v) is 7.19. The van der Waals surface area contributed by atoms with Crippen LogP contribution >= 0.6 is 0 Å². The van der Waals surface area contributed by atoms with E-state index >= 15 is 0 Å². The second-order valence-electron chi connectivity index (χ2n) is 7.19. The molecule has 2 nitrogen and oxygen atoms in total. The van der Waals surface area contributed by atoms with E-state index in [0.29, 0.717) is 5.41 Å². The van der Waals surface area contributed by atoms with Gasteiger partial charge in [0, 0.05) is 12.6 Å². The molecule has 0 radical (unpaired) electrons. The number of nitrogens with zero attached hydrogens (tertiary/aromatic N) is 1. The van der Waals surface area contributed by atoms with Gasteiger partial charge in [0.2, 0.25) is 0 Å². The Morgan fingerprint density at radius 1 is 1.29 bits per heavy atom. The zero-order valence-electron chi connectivity index (χ0n) is 12.6. The average molecular weight is 240 g/mol. The van der Waals surface area contributed by atoms with E-state index < -0.39 is 0 Å². The van der Waals surface area contributed by atoms with Gasteiger partial charge in [-0.1, -0.05) is 34.6 Å². The van der Waals surface area contributed by atoms with Crippen molar-refractivity contribution in [3.63, 3.8) is 0 Å². The van der Waals surface area contributed by atoms with Crippen molar-refractivity contribution < 1.29 is 0 Å². The molecule has 0 spiro atoms. The van der Waals surface area contributed by atoms with Crippen LogP contribution in [0.1, 0.15) is 53.9 Å². The van der Waals surface area contributed by atoms with Crippen molar-refractivity contribution in [2.45, 2.75) is 59.9 Å². The highest BCUT2D eigenvalue weighted by Crippen LogP contribution is 2.23. The van der Waals surface area contributed by atoms with Crippen LogP contribution in [0.3, 0.4) is 0 Å². The summed E-state index contributed by atoms with van der Waals surface area (Å²) < 4.78 is 0. The van der Waals surface area contributed by atoms with Gasteiger partial charge >= 0.3 is 0 Å². The van der Waals surface area contributed by atoms with E-state index in [1.54, 1.807) is 0 Å². The number of hydrogen-bond acceptors (Lipinski definition) is 2. The molecule has 102 valence electrons. The fourth-order valence-corrected chi connectivity index (χ4v) is 2.44. The third-order valence-corrected chi connectivity index (χ3v) is 3.58. The highest BCUT2D eigenvalue weighted by Gasteiger charge is 2.25. The summed E-state index contributed by atoms with van der Waals surface area (Å²) in [5.74, 6) is 0.763. The van der Waals surface area contributed by atoms with Crippen molar-refractivity contribution in [2.24, 2.45) is 11.3 Å². The summed E-state index contributed by atoms with van der Waals surface area (Å²) >= 11 is 0. The van der Waals surface area contributed by atoms with Crippen molar-refractivity contribution in [3.8, 4) is 0 Å². The van der Waals surface area contributed by atoms with Crippen molar-refractivity contribution in [1.82, 2.24) is 10.2 Å². The summed E-state index contributed by atoms with van der Waals surface area (Å²) in [5, 5.41) is 3.61. The molecule has 1 fully saturated rings. The molecular formula is C15H32N2. The van der Waals surface area contributed by atoms with Crippen LogP contribution in [-0.2, 0) is 0 Å². The smallest absolute Gasteiger partial charge is 0.0221 e. The Kier molecular flexibility index (Phi) is 5.94. The van der Waals surface area contributed by atoms with Crippen LogP contribution in [0.4, 0.5) is 0 Å². The van der Waals surface area contributed by atoms with Crippen LogP contribution in [-0.4, -0.2) is 37.1 Å². The molecular weight excluding hydrogens is 208 g/mol. The molecule has 0 saturated carbocycles. The fraction of sp³-hybridized carbons (Fsp3) is 1.00. The van der Waals surface area contributed by atoms with E-state index in [1.165, 1.54) is 38.9 Å². The van der Waals surface area contributed by atoms with Gasteiger partial charge in [-0.3, -0.25) is 4.90 Å². The highest BCUT2D eigenvalue weighted by molar-refractivity contribution is 4.82. The highest BCUT2D eigenvalue weighted by atomic mass is 15.2. The SMILES string of the molecule is CC(C)CNCC1CCCN1CCC(C)(C)C. The third kappa shape index (κ3) is 6.42. The Labute approximate surface area is 108 Å². The number of hydrogen-bond donors (Lipinski definition) is 1. The first kappa shape index (κ1) is 15.0. The Balaban J connectivity index is 2.24. The zero-order chi connectivity index (χ0) is 12.9. The van der Waals surface area contributed by atoms with E-state index in [-0.39, 0.29) is 0 Å². The van der Waals surface area contributed by atoms with Crippen molar-refractivity contribution in [3.05, 3.63) is 0 Å². The summed E-state index contributed by atoms with van der Waals surface area (Å²) in [5.41, 5.74) is 0.471. The Morgan fingerprint density at radius 3 is 2.59 bits per heavy atom. The zero-order valence-corrected chi connectivity index (χ0v) is 12.6. The van der Waals surface area contributed by atoms with Crippen LogP contribution in [0.25, 0.3) is 0 Å². The van der Waals surface area contributed by atoms with Gasteiger partial charge in [0.05, 0.1) is 0 Å². The molecule has 0 aromatic rings. The molecule has 0 aromatic carbocycles. The molecule has 1 rings (SSSR count). The van der Waals surface area contributed by atoms with E-state index in [1.807, 2.05) is 0 Å². The molecule has 2 heteroatoms. The molecule has 1 N–H and O–H groups in total. The largest absolute Gasteiger partial charge is 0.315 e. The standard InChI is InChI=1S/C15H32N2/c1-13(2)11-16-12-14-7-6-9-17(14)10-8-15(3,4)5/h13-14,16H,6-12H2,1-5H3. The molecule has 0 aliphatic carbocycles. The number of rotatable bonds is 6. The molecule has 1 aliphatic rings. The lowest BCUT2D eigenvalue weighted by atomic mass is 9.92. The van der Waals surface area contributed by atoms with Gasteiger partial charge in [0.15, 0.2) is 0 Å². The lowest BCUT2D eigenvalue weighted by Gasteiger charge is -2.28. The minimum absolute atomic E-state index is 0.471. The molecule has 0 amide bonds. The van der Waals surface area contributed by atoms with Gasteiger partial charge in [0.25, 0.3) is 0 Å². The first-order valence-electron chi connectivity index (χ1n) is 7.33. The maximum absolute atomic E-state index is 3.61. The predicted molar refractivity (Wildman–Crippen MR) is 76.4 cm³/mol. The molecule has 1 unspecified atom stereocenters. The summed E-state index contributed by atoms with van der Waals surface area (Å²) in [6, 6.07) is 0.788. The van der Waals surface area contributed by atoms with E-state index in [0.717, 1.165) is 18.5 Å². The van der Waals surface area contributed by atoms with Gasteiger partial charge < -0.3 is 5.32 Å². The normalized spacial score (nSPS) is 22.6. The number of nitrogens with one attached hydrogen (secondary N) is 1. The van der Waals surface area contributed by atoms with Gasteiger partial charge in [-0.25, -0.2) is 0 Å². The minimum Gasteiger partial charge on any atom is -0.315 e. The van der Waals surface area contributed by atoms with Crippen LogP contribution < -0.4 is 5.32 Å². The molecule has 0 aromatic heterocycles. The van der Waals surface area contributed by atoms with Crippen molar-refractivity contribution in [2.75, 3.05) is 26.2 Å². The maximum atomic E-state index is 3.61. The van der Waals surface area contributed by atoms with Gasteiger partial charge in [-0.15, -0.1) is 0 Å².